The Morgan fingerprint density at radius 2 is 1.88 bits per heavy atom. The fourth-order valence-corrected chi connectivity index (χ4v) is 2.49. The predicted octanol–water partition coefficient (Wildman–Crippen LogP) is 3.75. The van der Waals surface area contributed by atoms with Crippen molar-refractivity contribution in [1.29, 1.82) is 0 Å². The van der Waals surface area contributed by atoms with Gasteiger partial charge < -0.3 is 10.1 Å². The Hall–Kier alpha value is -0.0800. The normalized spacial score (nSPS) is 22.6. The summed E-state index contributed by atoms with van der Waals surface area (Å²) in [6.07, 6.45) is 9.48. The lowest BCUT2D eigenvalue weighted by Gasteiger charge is -2.34. The molecule has 1 saturated carbocycles. The Labute approximate surface area is 108 Å². The van der Waals surface area contributed by atoms with Crippen LogP contribution in [-0.2, 0) is 4.74 Å². The monoisotopic (exact) mass is 241 g/mol. The van der Waals surface area contributed by atoms with Crippen LogP contribution in [0.25, 0.3) is 0 Å². The number of rotatable bonds is 7. The van der Waals surface area contributed by atoms with Gasteiger partial charge in [-0.15, -0.1) is 0 Å². The van der Waals surface area contributed by atoms with E-state index >= 15 is 0 Å². The molecule has 0 amide bonds. The van der Waals surface area contributed by atoms with Gasteiger partial charge in [-0.25, -0.2) is 0 Å². The summed E-state index contributed by atoms with van der Waals surface area (Å²) in [6, 6.07) is 0.644. The molecule has 1 atom stereocenters. The van der Waals surface area contributed by atoms with Crippen LogP contribution in [0.2, 0.25) is 0 Å². The summed E-state index contributed by atoms with van der Waals surface area (Å²) in [4.78, 5) is 0. The largest absolute Gasteiger partial charge is 0.378 e. The SMILES string of the molecule is CNC(C)CCCCOC1CCC(C)(C)CC1. The third-order valence-electron chi connectivity index (χ3n) is 4.16. The highest BCUT2D eigenvalue weighted by molar-refractivity contribution is 4.78. The third kappa shape index (κ3) is 6.42. The maximum atomic E-state index is 5.97. The van der Waals surface area contributed by atoms with Crippen LogP contribution in [0.15, 0.2) is 0 Å². The summed E-state index contributed by atoms with van der Waals surface area (Å²) in [5.41, 5.74) is 0.558. The zero-order chi connectivity index (χ0) is 12.7. The lowest BCUT2D eigenvalue weighted by atomic mass is 9.76. The zero-order valence-corrected chi connectivity index (χ0v) is 12.2. The molecule has 1 aliphatic carbocycles. The second-order valence-corrected chi connectivity index (χ2v) is 6.42. The van der Waals surface area contributed by atoms with E-state index in [2.05, 4.69) is 26.1 Å². The van der Waals surface area contributed by atoms with Gasteiger partial charge in [0.2, 0.25) is 0 Å². The van der Waals surface area contributed by atoms with E-state index < -0.39 is 0 Å². The second kappa shape index (κ2) is 7.38. The molecule has 2 nitrogen and oxygen atoms in total. The summed E-state index contributed by atoms with van der Waals surface area (Å²) < 4.78 is 5.97. The van der Waals surface area contributed by atoms with Crippen LogP contribution < -0.4 is 5.32 Å². The third-order valence-corrected chi connectivity index (χ3v) is 4.16. The van der Waals surface area contributed by atoms with Gasteiger partial charge in [0.25, 0.3) is 0 Å². The van der Waals surface area contributed by atoms with E-state index in [0.717, 1.165) is 6.61 Å². The van der Waals surface area contributed by atoms with E-state index in [0.29, 0.717) is 17.6 Å². The van der Waals surface area contributed by atoms with Crippen molar-refractivity contribution in [1.82, 2.24) is 5.32 Å². The predicted molar refractivity (Wildman–Crippen MR) is 74.4 cm³/mol. The molecule has 2 heteroatoms. The number of hydrogen-bond donors (Lipinski definition) is 1. The first-order chi connectivity index (χ1) is 8.03. The van der Waals surface area contributed by atoms with E-state index in [1.165, 1.54) is 44.9 Å². The molecule has 0 aromatic heterocycles. The first kappa shape index (κ1) is 15.0. The van der Waals surface area contributed by atoms with Gasteiger partial charge >= 0.3 is 0 Å². The standard InChI is InChI=1S/C15H31NO/c1-13(16-4)7-5-6-12-17-14-8-10-15(2,3)11-9-14/h13-14,16H,5-12H2,1-4H3. The highest BCUT2D eigenvalue weighted by Gasteiger charge is 2.26. The molecular weight excluding hydrogens is 210 g/mol. The molecule has 102 valence electrons. The molecule has 0 spiro atoms. The molecule has 0 saturated heterocycles. The molecule has 1 N–H and O–H groups in total. The van der Waals surface area contributed by atoms with E-state index in [4.69, 9.17) is 4.74 Å². The summed E-state index contributed by atoms with van der Waals surface area (Å²) >= 11 is 0. The van der Waals surface area contributed by atoms with Crippen molar-refractivity contribution in [3.8, 4) is 0 Å². The minimum atomic E-state index is 0.546. The average Bonchev–Trinajstić information content (AvgIpc) is 2.30. The molecule has 0 radical (unpaired) electrons. The van der Waals surface area contributed by atoms with E-state index in [1.807, 2.05) is 7.05 Å². The van der Waals surface area contributed by atoms with Crippen molar-refractivity contribution in [3.05, 3.63) is 0 Å². The van der Waals surface area contributed by atoms with Crippen LogP contribution in [0.5, 0.6) is 0 Å². The molecule has 1 fully saturated rings. The van der Waals surface area contributed by atoms with Crippen molar-refractivity contribution in [2.75, 3.05) is 13.7 Å². The first-order valence-corrected chi connectivity index (χ1v) is 7.32. The molecule has 17 heavy (non-hydrogen) atoms. The van der Waals surface area contributed by atoms with Crippen LogP contribution in [0.4, 0.5) is 0 Å². The van der Waals surface area contributed by atoms with Gasteiger partial charge in [0.1, 0.15) is 0 Å². The Balaban J connectivity index is 1.97. The fraction of sp³-hybridized carbons (Fsp3) is 1.00. The van der Waals surface area contributed by atoms with Gasteiger partial charge in [-0.3, -0.25) is 0 Å². The first-order valence-electron chi connectivity index (χ1n) is 7.32. The number of unbranched alkanes of at least 4 members (excludes halogenated alkanes) is 1. The number of ether oxygens (including phenoxy) is 1. The van der Waals surface area contributed by atoms with Crippen molar-refractivity contribution < 1.29 is 4.74 Å². The van der Waals surface area contributed by atoms with Crippen LogP contribution in [0.1, 0.15) is 65.7 Å². The lowest BCUT2D eigenvalue weighted by Crippen LogP contribution is -2.26. The van der Waals surface area contributed by atoms with Gasteiger partial charge in [0, 0.05) is 12.6 Å². The van der Waals surface area contributed by atoms with E-state index in [-0.39, 0.29) is 0 Å². The lowest BCUT2D eigenvalue weighted by molar-refractivity contribution is 0.00264. The molecular formula is C15H31NO. The quantitative estimate of drug-likeness (QED) is 0.685. The highest BCUT2D eigenvalue weighted by Crippen LogP contribution is 2.36. The molecule has 0 bridgehead atoms. The molecule has 0 aromatic rings. The Kier molecular flexibility index (Phi) is 6.50. The average molecular weight is 241 g/mol. The zero-order valence-electron chi connectivity index (χ0n) is 12.2. The maximum Gasteiger partial charge on any atom is 0.0575 e. The molecule has 0 aliphatic heterocycles. The Morgan fingerprint density at radius 3 is 2.47 bits per heavy atom. The maximum absolute atomic E-state index is 5.97. The van der Waals surface area contributed by atoms with Gasteiger partial charge in [-0.05, 0) is 64.3 Å². The van der Waals surface area contributed by atoms with Gasteiger partial charge in [-0.1, -0.05) is 13.8 Å². The summed E-state index contributed by atoms with van der Waals surface area (Å²) in [5, 5.41) is 3.27. The van der Waals surface area contributed by atoms with Crippen LogP contribution >= 0.6 is 0 Å². The topological polar surface area (TPSA) is 21.3 Å². The molecule has 1 rings (SSSR count). The Bertz CT molecular complexity index is 193. The smallest absolute Gasteiger partial charge is 0.0575 e. The van der Waals surface area contributed by atoms with Crippen LogP contribution in [0.3, 0.4) is 0 Å². The van der Waals surface area contributed by atoms with Crippen LogP contribution in [0, 0.1) is 5.41 Å². The number of hydrogen-bond acceptors (Lipinski definition) is 2. The van der Waals surface area contributed by atoms with Crippen LogP contribution in [-0.4, -0.2) is 25.8 Å². The molecule has 1 aliphatic rings. The minimum Gasteiger partial charge on any atom is -0.378 e. The molecule has 0 heterocycles. The second-order valence-electron chi connectivity index (χ2n) is 6.42. The van der Waals surface area contributed by atoms with Crippen molar-refractivity contribution in [2.24, 2.45) is 5.41 Å². The fourth-order valence-electron chi connectivity index (χ4n) is 2.49. The van der Waals surface area contributed by atoms with Crippen molar-refractivity contribution in [2.45, 2.75) is 77.9 Å². The summed E-state index contributed by atoms with van der Waals surface area (Å²) in [6.45, 7) is 7.95. The van der Waals surface area contributed by atoms with Crippen molar-refractivity contribution in [3.63, 3.8) is 0 Å². The van der Waals surface area contributed by atoms with Gasteiger partial charge in [0.15, 0.2) is 0 Å². The van der Waals surface area contributed by atoms with Gasteiger partial charge in [-0.2, -0.15) is 0 Å². The van der Waals surface area contributed by atoms with E-state index in [1.54, 1.807) is 0 Å². The van der Waals surface area contributed by atoms with E-state index in [9.17, 15) is 0 Å². The van der Waals surface area contributed by atoms with Gasteiger partial charge in [0.05, 0.1) is 6.10 Å². The molecule has 0 aromatic carbocycles. The summed E-state index contributed by atoms with van der Waals surface area (Å²) in [5.74, 6) is 0. The molecule has 1 unspecified atom stereocenters. The summed E-state index contributed by atoms with van der Waals surface area (Å²) in [7, 11) is 2.03. The highest BCUT2D eigenvalue weighted by atomic mass is 16.5. The Morgan fingerprint density at radius 1 is 1.24 bits per heavy atom. The number of nitrogens with one attached hydrogen (secondary N) is 1. The minimum absolute atomic E-state index is 0.546. The van der Waals surface area contributed by atoms with Crippen molar-refractivity contribution >= 4 is 0 Å².